The topological polar surface area (TPSA) is 110 Å². The zero-order valence-corrected chi connectivity index (χ0v) is 6.25. The van der Waals surface area contributed by atoms with Crippen molar-refractivity contribution in [2.75, 3.05) is 13.1 Å². The number of nitrogens with zero attached hydrogens (tertiary/aromatic N) is 2. The molecule has 8 nitrogen and oxygen atoms in total. The van der Waals surface area contributed by atoms with Crippen LogP contribution in [0.15, 0.2) is 0 Å². The third-order valence-electron chi connectivity index (χ3n) is 0.607. The van der Waals surface area contributed by atoms with Crippen LogP contribution in [0, 0.1) is 20.2 Å². The van der Waals surface area contributed by atoms with Gasteiger partial charge in [0.1, 0.15) is 0 Å². The van der Waals surface area contributed by atoms with Crippen LogP contribution in [0.3, 0.4) is 0 Å². The number of hydrogen-bond donors (Lipinski definition) is 2. The molecule has 68 valence electrons. The maximum atomic E-state index is 9.54. The van der Waals surface area contributed by atoms with Gasteiger partial charge in [0.05, 0.1) is 13.1 Å². The Morgan fingerprint density at radius 2 is 1.27 bits per heavy atom. The van der Waals surface area contributed by atoms with Gasteiger partial charge < -0.3 is 0 Å². The summed E-state index contributed by atoms with van der Waals surface area (Å²) in [6, 6.07) is 0. The molecular weight excluding hydrogens is 203 g/mol. The van der Waals surface area contributed by atoms with Crippen molar-refractivity contribution in [2.45, 2.75) is 0 Å². The molecule has 0 amide bonds. The van der Waals surface area contributed by atoms with Crippen LogP contribution >= 0.6 is 0 Å². The first-order chi connectivity index (χ1) is 4.63. The number of nitrogens with one attached hydrogen (secondary N) is 2. The largest absolute Gasteiger partial charge is 0.235 e. The second-order valence-corrected chi connectivity index (χ2v) is 1.33. The van der Waals surface area contributed by atoms with Crippen LogP contribution in [-0.4, -0.2) is 23.2 Å². The van der Waals surface area contributed by atoms with Crippen molar-refractivity contribution in [3.05, 3.63) is 20.2 Å². The second kappa shape index (κ2) is 7.01. The van der Waals surface area contributed by atoms with Crippen LogP contribution < -0.4 is 10.9 Å². The van der Waals surface area contributed by atoms with Crippen molar-refractivity contribution in [2.24, 2.45) is 0 Å². The molecule has 0 spiro atoms. The summed E-state index contributed by atoms with van der Waals surface area (Å²) < 4.78 is 0. The van der Waals surface area contributed by atoms with E-state index in [1.165, 1.54) is 0 Å². The number of nitro groups is 2. The Hall–Kier alpha value is -1.11. The van der Waals surface area contributed by atoms with Gasteiger partial charge in [0.2, 0.25) is 0 Å². The predicted molar refractivity (Wildman–Crippen MR) is 30.0 cm³/mol. The summed E-state index contributed by atoms with van der Waals surface area (Å²) in [6.07, 6.45) is 0. The molecule has 0 atom stereocenters. The molecule has 0 aliphatic heterocycles. The molecule has 0 heterocycles. The van der Waals surface area contributed by atoms with Gasteiger partial charge in [0.15, 0.2) is 10.1 Å². The normalized spacial score (nSPS) is 7.64. The van der Waals surface area contributed by atoms with E-state index in [0.717, 1.165) is 0 Å². The minimum Gasteiger partial charge on any atom is -0.235 e. The van der Waals surface area contributed by atoms with E-state index in [1.54, 1.807) is 10.9 Å². The summed E-state index contributed by atoms with van der Waals surface area (Å²) in [6.45, 7) is -0.151. The minimum atomic E-state index is -0.762. The van der Waals surface area contributed by atoms with Gasteiger partial charge in [-0.2, -0.15) is 0 Å². The zero-order chi connectivity index (χ0) is 7.98. The number of hydrogen-bond acceptors (Lipinski definition) is 4. The van der Waals surface area contributed by atoms with Gasteiger partial charge in [-0.05, 0) is 0 Å². The Balaban J connectivity index is 0. The van der Waals surface area contributed by atoms with Crippen LogP contribution in [-0.2, 0) is 16.5 Å². The molecule has 0 aromatic rings. The molecule has 11 heavy (non-hydrogen) atoms. The van der Waals surface area contributed by atoms with Gasteiger partial charge in [0.25, 0.3) is 0 Å². The smallest absolute Gasteiger partial charge is 0.157 e. The Labute approximate surface area is 71.5 Å². The summed E-state index contributed by atoms with van der Waals surface area (Å²) >= 11 is 0. The van der Waals surface area contributed by atoms with Crippen molar-refractivity contribution in [1.82, 2.24) is 10.9 Å². The Kier molecular flexibility index (Phi) is 8.00. The first-order valence-electron chi connectivity index (χ1n) is 2.38. The number of hydrazine groups is 2. The Morgan fingerprint density at radius 1 is 1.00 bits per heavy atom. The second-order valence-electron chi connectivity index (χ2n) is 1.33. The molecule has 0 saturated carbocycles. The summed E-state index contributed by atoms with van der Waals surface area (Å²) in [4.78, 5) is 19.1. The molecule has 9 heteroatoms. The van der Waals surface area contributed by atoms with Crippen LogP contribution in [0.25, 0.3) is 0 Å². The van der Waals surface area contributed by atoms with Gasteiger partial charge in [-0.15, -0.1) is 10.9 Å². The molecule has 0 aromatic heterocycles. The SMILES string of the molecule is O=[N+]([O-])NCCN[N+](=O)[O-].[Ni]. The van der Waals surface area contributed by atoms with Crippen molar-refractivity contribution >= 4 is 0 Å². The zero-order valence-electron chi connectivity index (χ0n) is 5.26. The average Bonchev–Trinajstić information content (AvgIpc) is 1.79. The average molecular weight is 209 g/mol. The quantitative estimate of drug-likeness (QED) is 0.248. The molecule has 0 rings (SSSR count). The van der Waals surface area contributed by atoms with Crippen LogP contribution in [0.5, 0.6) is 0 Å². The summed E-state index contributed by atoms with van der Waals surface area (Å²) in [5.41, 5.74) is 3.51. The summed E-state index contributed by atoms with van der Waals surface area (Å²) in [5.74, 6) is 0. The van der Waals surface area contributed by atoms with E-state index < -0.39 is 10.1 Å². The van der Waals surface area contributed by atoms with E-state index in [-0.39, 0.29) is 29.6 Å². The summed E-state index contributed by atoms with van der Waals surface area (Å²) in [5, 5.41) is 17.6. The molecule has 0 radical (unpaired) electrons. The van der Waals surface area contributed by atoms with E-state index in [2.05, 4.69) is 0 Å². The Bertz CT molecular complexity index is 124. The fourth-order valence-corrected chi connectivity index (χ4v) is 0.294. The monoisotopic (exact) mass is 208 g/mol. The fraction of sp³-hybridized carbons (Fsp3) is 1.00. The van der Waals surface area contributed by atoms with E-state index >= 15 is 0 Å². The molecule has 0 aliphatic carbocycles. The molecular formula is C2H6N4NiO4. The number of rotatable bonds is 5. The third-order valence-corrected chi connectivity index (χ3v) is 0.607. The van der Waals surface area contributed by atoms with Crippen molar-refractivity contribution in [3.63, 3.8) is 0 Å². The van der Waals surface area contributed by atoms with E-state index in [0.29, 0.717) is 0 Å². The van der Waals surface area contributed by atoms with Crippen molar-refractivity contribution < 1.29 is 26.6 Å². The van der Waals surface area contributed by atoms with E-state index in [1.807, 2.05) is 0 Å². The maximum absolute atomic E-state index is 9.54. The fourth-order valence-electron chi connectivity index (χ4n) is 0.294. The minimum absolute atomic E-state index is 0. The third kappa shape index (κ3) is 12.2. The van der Waals surface area contributed by atoms with Gasteiger partial charge in [0, 0.05) is 16.5 Å². The molecule has 0 saturated heterocycles. The van der Waals surface area contributed by atoms with Gasteiger partial charge in [-0.3, -0.25) is 0 Å². The van der Waals surface area contributed by atoms with Gasteiger partial charge in [-0.25, -0.2) is 20.2 Å². The molecule has 0 fully saturated rings. The van der Waals surface area contributed by atoms with Gasteiger partial charge in [-0.1, -0.05) is 0 Å². The van der Waals surface area contributed by atoms with Crippen LogP contribution in [0.4, 0.5) is 0 Å². The van der Waals surface area contributed by atoms with Crippen LogP contribution in [0.1, 0.15) is 0 Å². The van der Waals surface area contributed by atoms with E-state index in [4.69, 9.17) is 0 Å². The first-order valence-corrected chi connectivity index (χ1v) is 2.38. The predicted octanol–water partition coefficient (Wildman–Crippen LogP) is -1.45. The standard InChI is InChI=1S/C2H6N4O4.Ni/c7-5(8)3-1-2-4-6(9)10;/h3-4H,1-2H2;. The molecule has 0 bridgehead atoms. The van der Waals surface area contributed by atoms with Crippen LogP contribution in [0.2, 0.25) is 0 Å². The molecule has 2 N–H and O–H groups in total. The maximum Gasteiger partial charge on any atom is 0.157 e. The first kappa shape index (κ1) is 12.6. The Morgan fingerprint density at radius 3 is 1.45 bits per heavy atom. The van der Waals surface area contributed by atoms with Crippen molar-refractivity contribution in [1.29, 1.82) is 0 Å². The van der Waals surface area contributed by atoms with E-state index in [9.17, 15) is 20.2 Å². The molecule has 0 aromatic carbocycles. The molecule has 0 unspecified atom stereocenters. The summed E-state index contributed by atoms with van der Waals surface area (Å²) in [7, 11) is 0. The van der Waals surface area contributed by atoms with Crippen molar-refractivity contribution in [3.8, 4) is 0 Å². The molecule has 0 aliphatic rings. The van der Waals surface area contributed by atoms with Gasteiger partial charge >= 0.3 is 0 Å².